The summed E-state index contributed by atoms with van der Waals surface area (Å²) < 4.78 is 13.0. The molecule has 0 bridgehead atoms. The molecule has 2 nitrogen and oxygen atoms in total. The number of piperidine rings is 1. The molecule has 4 heteroatoms. The van der Waals surface area contributed by atoms with E-state index in [1.165, 1.54) is 31.5 Å². The smallest absolute Gasteiger partial charge is 0.124 e. The minimum atomic E-state index is -0.283. The third kappa shape index (κ3) is 4.16. The Morgan fingerprint density at radius 2 is 2.32 bits per heavy atom. The van der Waals surface area contributed by atoms with Crippen molar-refractivity contribution in [3.8, 4) is 0 Å². The van der Waals surface area contributed by atoms with Crippen molar-refractivity contribution in [3.63, 3.8) is 0 Å². The van der Waals surface area contributed by atoms with Crippen molar-refractivity contribution in [3.05, 3.63) is 34.6 Å². The third-order valence-electron chi connectivity index (χ3n) is 3.86. The zero-order chi connectivity index (χ0) is 13.8. The SMILES string of the molecule is CC(NCC1CCCN(C)C1)c1ccc(F)cc1Cl. The quantitative estimate of drug-likeness (QED) is 0.911. The molecule has 106 valence electrons. The molecule has 2 atom stereocenters. The van der Waals surface area contributed by atoms with E-state index >= 15 is 0 Å². The second-order valence-electron chi connectivity index (χ2n) is 5.57. The molecule has 1 N–H and O–H groups in total. The van der Waals surface area contributed by atoms with Crippen LogP contribution in [0.4, 0.5) is 4.39 Å². The number of hydrogen-bond donors (Lipinski definition) is 1. The molecular formula is C15H22ClFN2. The number of nitrogens with one attached hydrogen (secondary N) is 1. The van der Waals surface area contributed by atoms with Crippen LogP contribution in [0.15, 0.2) is 18.2 Å². The van der Waals surface area contributed by atoms with Crippen LogP contribution in [0.1, 0.15) is 31.4 Å². The lowest BCUT2D eigenvalue weighted by Crippen LogP contribution is -2.38. The molecular weight excluding hydrogens is 263 g/mol. The highest BCUT2D eigenvalue weighted by Crippen LogP contribution is 2.24. The third-order valence-corrected chi connectivity index (χ3v) is 4.19. The second-order valence-corrected chi connectivity index (χ2v) is 5.97. The molecule has 1 aliphatic heterocycles. The Labute approximate surface area is 119 Å². The van der Waals surface area contributed by atoms with Crippen molar-refractivity contribution in [1.82, 2.24) is 10.2 Å². The van der Waals surface area contributed by atoms with Crippen LogP contribution in [0.25, 0.3) is 0 Å². The van der Waals surface area contributed by atoms with E-state index in [1.54, 1.807) is 6.07 Å². The number of rotatable bonds is 4. The van der Waals surface area contributed by atoms with E-state index < -0.39 is 0 Å². The number of halogens is 2. The van der Waals surface area contributed by atoms with E-state index in [0.29, 0.717) is 10.9 Å². The monoisotopic (exact) mass is 284 g/mol. The standard InChI is InChI=1S/C15H22ClFN2/c1-11(14-6-5-13(17)8-15(14)16)18-9-12-4-3-7-19(2)10-12/h5-6,8,11-12,18H,3-4,7,9-10H2,1-2H3. The van der Waals surface area contributed by atoms with E-state index in [-0.39, 0.29) is 11.9 Å². The van der Waals surface area contributed by atoms with Gasteiger partial charge in [-0.05, 0) is 63.5 Å². The Balaban J connectivity index is 1.88. The molecule has 0 spiro atoms. The maximum absolute atomic E-state index is 13.0. The molecule has 0 aliphatic carbocycles. The van der Waals surface area contributed by atoms with Gasteiger partial charge >= 0.3 is 0 Å². The van der Waals surface area contributed by atoms with Gasteiger partial charge in [0.05, 0.1) is 0 Å². The first kappa shape index (κ1) is 14.8. The Hall–Kier alpha value is -0.640. The molecule has 0 radical (unpaired) electrons. The average molecular weight is 285 g/mol. The largest absolute Gasteiger partial charge is 0.310 e. The van der Waals surface area contributed by atoms with Crippen molar-refractivity contribution in [2.24, 2.45) is 5.92 Å². The molecule has 0 amide bonds. The molecule has 19 heavy (non-hydrogen) atoms. The lowest BCUT2D eigenvalue weighted by atomic mass is 9.97. The van der Waals surface area contributed by atoms with E-state index in [2.05, 4.69) is 24.2 Å². The summed E-state index contributed by atoms with van der Waals surface area (Å²) in [6, 6.07) is 4.76. The summed E-state index contributed by atoms with van der Waals surface area (Å²) in [5.74, 6) is 0.412. The first-order valence-corrected chi connectivity index (χ1v) is 7.31. The van der Waals surface area contributed by atoms with Crippen LogP contribution in [-0.4, -0.2) is 31.6 Å². The van der Waals surface area contributed by atoms with Crippen molar-refractivity contribution < 1.29 is 4.39 Å². The number of benzene rings is 1. The Kier molecular flexibility index (Phi) is 5.20. The molecule has 2 unspecified atom stereocenters. The van der Waals surface area contributed by atoms with Crippen molar-refractivity contribution in [2.45, 2.75) is 25.8 Å². The minimum Gasteiger partial charge on any atom is -0.310 e. The average Bonchev–Trinajstić information content (AvgIpc) is 2.36. The van der Waals surface area contributed by atoms with Crippen molar-refractivity contribution in [2.75, 3.05) is 26.7 Å². The van der Waals surface area contributed by atoms with Gasteiger partial charge in [-0.15, -0.1) is 0 Å². The highest BCUT2D eigenvalue weighted by Gasteiger charge is 2.18. The van der Waals surface area contributed by atoms with Crippen LogP contribution >= 0.6 is 11.6 Å². The first-order valence-electron chi connectivity index (χ1n) is 6.93. The van der Waals surface area contributed by atoms with E-state index in [0.717, 1.165) is 18.7 Å². The topological polar surface area (TPSA) is 15.3 Å². The highest BCUT2D eigenvalue weighted by atomic mass is 35.5. The van der Waals surface area contributed by atoms with Crippen molar-refractivity contribution in [1.29, 1.82) is 0 Å². The van der Waals surface area contributed by atoms with Crippen LogP contribution in [0, 0.1) is 11.7 Å². The van der Waals surface area contributed by atoms with Crippen LogP contribution in [0.2, 0.25) is 5.02 Å². The fourth-order valence-corrected chi connectivity index (χ4v) is 3.08. The zero-order valence-corrected chi connectivity index (χ0v) is 12.4. The van der Waals surface area contributed by atoms with E-state index in [4.69, 9.17) is 11.6 Å². The Bertz CT molecular complexity index is 425. The van der Waals surface area contributed by atoms with Crippen LogP contribution in [0.5, 0.6) is 0 Å². The molecule has 1 aliphatic rings. The Morgan fingerprint density at radius 1 is 1.53 bits per heavy atom. The van der Waals surface area contributed by atoms with E-state index in [9.17, 15) is 4.39 Å². The molecule has 1 aromatic carbocycles. The summed E-state index contributed by atoms with van der Waals surface area (Å²) >= 11 is 6.08. The van der Waals surface area contributed by atoms with Crippen molar-refractivity contribution >= 4 is 11.6 Å². The zero-order valence-electron chi connectivity index (χ0n) is 11.6. The molecule has 0 aromatic heterocycles. The van der Waals surface area contributed by atoms with Gasteiger partial charge in [0.15, 0.2) is 0 Å². The lowest BCUT2D eigenvalue weighted by molar-refractivity contribution is 0.203. The van der Waals surface area contributed by atoms with Crippen LogP contribution in [0.3, 0.4) is 0 Å². The van der Waals surface area contributed by atoms with Gasteiger partial charge < -0.3 is 10.2 Å². The summed E-state index contributed by atoms with van der Waals surface area (Å²) in [6.07, 6.45) is 2.55. The van der Waals surface area contributed by atoms with Gasteiger partial charge in [-0.25, -0.2) is 4.39 Å². The van der Waals surface area contributed by atoms with Gasteiger partial charge in [0.1, 0.15) is 5.82 Å². The maximum Gasteiger partial charge on any atom is 0.124 e. The molecule has 1 heterocycles. The predicted molar refractivity (Wildman–Crippen MR) is 78.0 cm³/mol. The van der Waals surface area contributed by atoms with Crippen LogP contribution in [-0.2, 0) is 0 Å². The van der Waals surface area contributed by atoms with Gasteiger partial charge in [-0.2, -0.15) is 0 Å². The summed E-state index contributed by atoms with van der Waals surface area (Å²) in [6.45, 7) is 5.41. The van der Waals surface area contributed by atoms with Gasteiger partial charge in [0.2, 0.25) is 0 Å². The molecule has 1 saturated heterocycles. The Morgan fingerprint density at radius 3 is 3.00 bits per heavy atom. The first-order chi connectivity index (χ1) is 9.06. The van der Waals surface area contributed by atoms with Gasteiger partial charge in [-0.3, -0.25) is 0 Å². The lowest BCUT2D eigenvalue weighted by Gasteiger charge is -2.30. The van der Waals surface area contributed by atoms with E-state index in [1.807, 2.05) is 0 Å². The van der Waals surface area contributed by atoms with Crippen LogP contribution < -0.4 is 5.32 Å². The second kappa shape index (κ2) is 6.69. The summed E-state index contributed by atoms with van der Waals surface area (Å²) in [7, 11) is 2.17. The fourth-order valence-electron chi connectivity index (χ4n) is 2.75. The predicted octanol–water partition coefficient (Wildman–Crippen LogP) is 3.47. The molecule has 2 rings (SSSR count). The molecule has 1 aromatic rings. The number of nitrogens with zero attached hydrogens (tertiary/aromatic N) is 1. The molecule has 0 saturated carbocycles. The minimum absolute atomic E-state index is 0.153. The van der Waals surface area contributed by atoms with Gasteiger partial charge in [0.25, 0.3) is 0 Å². The summed E-state index contributed by atoms with van der Waals surface area (Å²) in [5.41, 5.74) is 0.965. The maximum atomic E-state index is 13.0. The van der Waals surface area contributed by atoms with Gasteiger partial charge in [0, 0.05) is 17.6 Å². The fraction of sp³-hybridized carbons (Fsp3) is 0.600. The summed E-state index contributed by atoms with van der Waals surface area (Å²) in [4.78, 5) is 2.38. The number of hydrogen-bond acceptors (Lipinski definition) is 2. The number of likely N-dealkylation sites (tertiary alicyclic amines) is 1. The normalized spacial score (nSPS) is 22.4. The molecule has 1 fully saturated rings. The van der Waals surface area contributed by atoms with Gasteiger partial charge in [-0.1, -0.05) is 17.7 Å². The summed E-state index contributed by atoms with van der Waals surface area (Å²) in [5, 5.41) is 4.02. The highest BCUT2D eigenvalue weighted by molar-refractivity contribution is 6.31.